The molecule has 0 bridgehead atoms. The van der Waals surface area contributed by atoms with Crippen LogP contribution in [0.5, 0.6) is 0 Å². The molecular formula is C15H14FN3. The van der Waals surface area contributed by atoms with Gasteiger partial charge in [0, 0.05) is 19.2 Å². The van der Waals surface area contributed by atoms with E-state index in [1.54, 1.807) is 6.07 Å². The zero-order chi connectivity index (χ0) is 13.4. The third-order valence-electron chi connectivity index (χ3n) is 3.26. The van der Waals surface area contributed by atoms with Gasteiger partial charge in [0.2, 0.25) is 0 Å². The van der Waals surface area contributed by atoms with Gasteiger partial charge in [-0.15, -0.1) is 0 Å². The lowest BCUT2D eigenvalue weighted by atomic mass is 10.1. The summed E-state index contributed by atoms with van der Waals surface area (Å²) in [5, 5.41) is 0. The highest BCUT2D eigenvalue weighted by Crippen LogP contribution is 2.24. The van der Waals surface area contributed by atoms with Crippen LogP contribution in [0.3, 0.4) is 0 Å². The smallest absolute Gasteiger partial charge is 0.140 e. The van der Waals surface area contributed by atoms with Gasteiger partial charge in [-0.25, -0.2) is 9.37 Å². The van der Waals surface area contributed by atoms with Gasteiger partial charge in [0.05, 0.1) is 11.0 Å². The van der Waals surface area contributed by atoms with Crippen LogP contribution in [0.15, 0.2) is 42.5 Å². The van der Waals surface area contributed by atoms with Crippen molar-refractivity contribution in [3.05, 3.63) is 53.8 Å². The monoisotopic (exact) mass is 255 g/mol. The molecule has 3 rings (SSSR count). The normalized spacial score (nSPS) is 11.1. The van der Waals surface area contributed by atoms with E-state index in [0.29, 0.717) is 6.54 Å². The molecule has 2 N–H and O–H groups in total. The Morgan fingerprint density at radius 1 is 1.21 bits per heavy atom. The summed E-state index contributed by atoms with van der Waals surface area (Å²) in [4.78, 5) is 4.55. The molecule has 0 unspecified atom stereocenters. The first-order valence-corrected chi connectivity index (χ1v) is 6.10. The van der Waals surface area contributed by atoms with Gasteiger partial charge in [-0.05, 0) is 29.8 Å². The van der Waals surface area contributed by atoms with Crippen molar-refractivity contribution in [2.24, 2.45) is 12.8 Å². The molecule has 0 aliphatic rings. The van der Waals surface area contributed by atoms with Crippen molar-refractivity contribution in [1.29, 1.82) is 0 Å². The van der Waals surface area contributed by atoms with Crippen LogP contribution < -0.4 is 5.73 Å². The number of nitrogens with two attached hydrogens (primary N) is 1. The van der Waals surface area contributed by atoms with Crippen molar-refractivity contribution in [3.63, 3.8) is 0 Å². The van der Waals surface area contributed by atoms with E-state index in [9.17, 15) is 4.39 Å². The Hall–Kier alpha value is -2.20. The molecule has 96 valence electrons. The standard InChI is InChI=1S/C15H14FN3/c1-19-14-8-12(16)5-6-13(14)18-15(19)11-4-2-3-10(7-11)9-17/h2-8H,9,17H2,1H3. The minimum atomic E-state index is -0.252. The maximum atomic E-state index is 13.3. The molecular weight excluding hydrogens is 241 g/mol. The van der Waals surface area contributed by atoms with E-state index in [4.69, 9.17) is 5.73 Å². The van der Waals surface area contributed by atoms with Gasteiger partial charge < -0.3 is 10.3 Å². The minimum absolute atomic E-state index is 0.252. The quantitative estimate of drug-likeness (QED) is 0.765. The molecule has 3 aromatic rings. The number of rotatable bonds is 2. The van der Waals surface area contributed by atoms with Crippen LogP contribution in [-0.4, -0.2) is 9.55 Å². The zero-order valence-corrected chi connectivity index (χ0v) is 10.6. The summed E-state index contributed by atoms with van der Waals surface area (Å²) in [6, 6.07) is 12.5. The average molecular weight is 255 g/mol. The number of aromatic nitrogens is 2. The fourth-order valence-corrected chi connectivity index (χ4v) is 2.26. The van der Waals surface area contributed by atoms with Gasteiger partial charge >= 0.3 is 0 Å². The predicted molar refractivity (Wildman–Crippen MR) is 74.0 cm³/mol. The second kappa shape index (κ2) is 4.48. The SMILES string of the molecule is Cn1c(-c2cccc(CN)c2)nc2ccc(F)cc21. The van der Waals surface area contributed by atoms with E-state index in [0.717, 1.165) is 28.0 Å². The van der Waals surface area contributed by atoms with E-state index in [2.05, 4.69) is 4.98 Å². The first-order chi connectivity index (χ1) is 9.19. The molecule has 0 amide bonds. The minimum Gasteiger partial charge on any atom is -0.327 e. The summed E-state index contributed by atoms with van der Waals surface area (Å²) in [5.74, 6) is 0.564. The van der Waals surface area contributed by atoms with Crippen LogP contribution in [0.25, 0.3) is 22.4 Å². The summed E-state index contributed by atoms with van der Waals surface area (Å²) in [6.45, 7) is 0.492. The lowest BCUT2D eigenvalue weighted by Crippen LogP contribution is -1.97. The Labute approximate surface area is 110 Å². The topological polar surface area (TPSA) is 43.8 Å². The number of halogens is 1. The molecule has 3 nitrogen and oxygen atoms in total. The van der Waals surface area contributed by atoms with Crippen molar-refractivity contribution < 1.29 is 4.39 Å². The second-order valence-electron chi connectivity index (χ2n) is 4.53. The first-order valence-electron chi connectivity index (χ1n) is 6.10. The fourth-order valence-electron chi connectivity index (χ4n) is 2.26. The summed E-state index contributed by atoms with van der Waals surface area (Å²) < 4.78 is 15.2. The van der Waals surface area contributed by atoms with Gasteiger partial charge in [-0.1, -0.05) is 18.2 Å². The molecule has 0 spiro atoms. The Balaban J connectivity index is 2.21. The number of nitrogens with zero attached hydrogens (tertiary/aromatic N) is 2. The van der Waals surface area contributed by atoms with Crippen molar-refractivity contribution in [3.8, 4) is 11.4 Å². The van der Waals surface area contributed by atoms with Crippen molar-refractivity contribution in [1.82, 2.24) is 9.55 Å². The van der Waals surface area contributed by atoms with Gasteiger partial charge in [0.1, 0.15) is 11.6 Å². The first kappa shape index (κ1) is 11.9. The highest BCUT2D eigenvalue weighted by molar-refractivity contribution is 5.80. The summed E-state index contributed by atoms with van der Waals surface area (Å²) in [7, 11) is 1.89. The molecule has 1 heterocycles. The number of fused-ring (bicyclic) bond motifs is 1. The molecule has 19 heavy (non-hydrogen) atoms. The van der Waals surface area contributed by atoms with Gasteiger partial charge in [0.15, 0.2) is 0 Å². The van der Waals surface area contributed by atoms with Crippen LogP contribution in [-0.2, 0) is 13.6 Å². The molecule has 0 saturated heterocycles. The Morgan fingerprint density at radius 3 is 2.84 bits per heavy atom. The molecule has 2 aromatic carbocycles. The average Bonchev–Trinajstić information content (AvgIpc) is 2.76. The second-order valence-corrected chi connectivity index (χ2v) is 4.53. The Morgan fingerprint density at radius 2 is 2.05 bits per heavy atom. The van der Waals surface area contributed by atoms with Crippen LogP contribution in [0.4, 0.5) is 4.39 Å². The zero-order valence-electron chi connectivity index (χ0n) is 10.6. The Kier molecular flexibility index (Phi) is 2.80. The number of hydrogen-bond donors (Lipinski definition) is 1. The van der Waals surface area contributed by atoms with Crippen LogP contribution in [0.1, 0.15) is 5.56 Å². The summed E-state index contributed by atoms with van der Waals surface area (Å²) in [5.41, 5.74) is 9.27. The van der Waals surface area contributed by atoms with Crippen LogP contribution in [0.2, 0.25) is 0 Å². The van der Waals surface area contributed by atoms with Crippen molar-refractivity contribution >= 4 is 11.0 Å². The van der Waals surface area contributed by atoms with Gasteiger partial charge in [0.25, 0.3) is 0 Å². The number of aryl methyl sites for hydroxylation is 1. The maximum absolute atomic E-state index is 13.3. The lowest BCUT2D eigenvalue weighted by molar-refractivity contribution is 0.629. The summed E-state index contributed by atoms with van der Waals surface area (Å²) >= 11 is 0. The fraction of sp³-hybridized carbons (Fsp3) is 0.133. The van der Waals surface area contributed by atoms with E-state index < -0.39 is 0 Å². The van der Waals surface area contributed by atoms with Gasteiger partial charge in [-0.3, -0.25) is 0 Å². The molecule has 4 heteroatoms. The maximum Gasteiger partial charge on any atom is 0.140 e. The molecule has 0 fully saturated rings. The summed E-state index contributed by atoms with van der Waals surface area (Å²) in [6.07, 6.45) is 0. The highest BCUT2D eigenvalue weighted by Gasteiger charge is 2.10. The molecule has 0 saturated carbocycles. The third kappa shape index (κ3) is 2.00. The van der Waals surface area contributed by atoms with Crippen LogP contribution in [0, 0.1) is 5.82 Å². The number of hydrogen-bond acceptors (Lipinski definition) is 2. The van der Waals surface area contributed by atoms with E-state index >= 15 is 0 Å². The molecule has 1 aromatic heterocycles. The van der Waals surface area contributed by atoms with Crippen LogP contribution >= 0.6 is 0 Å². The van der Waals surface area contributed by atoms with Crippen molar-refractivity contribution in [2.45, 2.75) is 6.54 Å². The molecule has 0 atom stereocenters. The molecule has 0 aliphatic heterocycles. The molecule has 0 radical (unpaired) electrons. The van der Waals surface area contributed by atoms with E-state index in [1.165, 1.54) is 12.1 Å². The number of imidazole rings is 1. The van der Waals surface area contributed by atoms with E-state index in [1.807, 2.05) is 35.9 Å². The Bertz CT molecular complexity index is 746. The largest absolute Gasteiger partial charge is 0.327 e. The van der Waals surface area contributed by atoms with E-state index in [-0.39, 0.29) is 5.82 Å². The third-order valence-corrected chi connectivity index (χ3v) is 3.26. The highest BCUT2D eigenvalue weighted by atomic mass is 19.1. The van der Waals surface area contributed by atoms with Gasteiger partial charge in [-0.2, -0.15) is 0 Å². The number of benzene rings is 2. The molecule has 0 aliphatic carbocycles. The van der Waals surface area contributed by atoms with Crippen molar-refractivity contribution in [2.75, 3.05) is 0 Å². The predicted octanol–water partition coefficient (Wildman–Crippen LogP) is 2.84. The lowest BCUT2D eigenvalue weighted by Gasteiger charge is -2.04.